The van der Waals surface area contributed by atoms with E-state index in [0.29, 0.717) is 11.4 Å². The Morgan fingerprint density at radius 3 is 2.27 bits per heavy atom. The number of anilines is 2. The fourth-order valence-corrected chi connectivity index (χ4v) is 4.33. The number of hydrogen-bond donors (Lipinski definition) is 11. The third-order valence-electron chi connectivity index (χ3n) is 6.95. The summed E-state index contributed by atoms with van der Waals surface area (Å²) in [7, 11) is 1.22. The van der Waals surface area contributed by atoms with Gasteiger partial charge in [-0.05, 0) is 31.2 Å². The van der Waals surface area contributed by atoms with Gasteiger partial charge in [0.1, 0.15) is 18.2 Å². The molecule has 1 aromatic carbocycles. The summed E-state index contributed by atoms with van der Waals surface area (Å²) in [6, 6.07) is 1.44. The van der Waals surface area contributed by atoms with Crippen LogP contribution in [0.5, 0.6) is 0 Å². The predicted molar refractivity (Wildman–Crippen MR) is 175 cm³/mol. The molecule has 2 unspecified atom stereocenters. The lowest BCUT2D eigenvalue weighted by atomic mass is 10.1. The van der Waals surface area contributed by atoms with Gasteiger partial charge in [0.2, 0.25) is 11.9 Å². The minimum atomic E-state index is -1.78. The molecule has 6 atom stereocenters. The number of H-pyrrole nitrogens is 1. The number of hydrogen-bond acceptors (Lipinski definition) is 16. The second-order valence-electron chi connectivity index (χ2n) is 11.0. The van der Waals surface area contributed by atoms with Gasteiger partial charge in [-0.15, -0.1) is 0 Å². The van der Waals surface area contributed by atoms with E-state index in [9.17, 15) is 49.2 Å². The molecule has 0 bridgehead atoms. The standard InChI is InChI=1S/C29H38N10O12/c1-12(30)28(50-2)51-21(18(41)11-40)25(45)34-10-17(27(48)49)36-19(42)7-16(26(46)47)37-23(43)13-3-5-14(6-4-13)32-8-15-9-33-22-20(35-15)24(44)39-29(31)38-22/h3-6,9,12,16-18,21,28,32,40-41H,7-8,10-11,30H2,1-2H3,(H,34,45)(H,36,42)(H,37,43)(H,46,47)(H,48,49)(H3,31,33,38,39,44)/t12?,16-,17-,18-,21?,28+/m0/s1. The second kappa shape index (κ2) is 18.3. The number of aromatic nitrogens is 4. The first-order chi connectivity index (χ1) is 24.1. The number of carboxylic acids is 2. The summed E-state index contributed by atoms with van der Waals surface area (Å²) in [6.45, 7) is -0.0256. The highest BCUT2D eigenvalue weighted by Crippen LogP contribution is 2.13. The molecule has 3 amide bonds. The van der Waals surface area contributed by atoms with E-state index in [0.717, 1.165) is 0 Å². The number of nitrogen functional groups attached to an aromatic ring is 1. The monoisotopic (exact) mass is 718 g/mol. The van der Waals surface area contributed by atoms with Crippen LogP contribution in [0.25, 0.3) is 11.2 Å². The van der Waals surface area contributed by atoms with Gasteiger partial charge in [-0.25, -0.2) is 19.6 Å². The molecule has 0 aliphatic heterocycles. The second-order valence-corrected chi connectivity index (χ2v) is 11.0. The van der Waals surface area contributed by atoms with E-state index in [2.05, 4.69) is 41.2 Å². The highest BCUT2D eigenvalue weighted by molar-refractivity contribution is 5.98. The Bertz CT molecular complexity index is 1770. The van der Waals surface area contributed by atoms with Gasteiger partial charge < -0.3 is 62.6 Å². The van der Waals surface area contributed by atoms with Crippen molar-refractivity contribution in [2.45, 2.75) is 56.5 Å². The van der Waals surface area contributed by atoms with E-state index in [1.54, 1.807) is 0 Å². The molecule has 0 fully saturated rings. The number of aliphatic carboxylic acids is 2. The number of amides is 3. The molecule has 0 saturated heterocycles. The number of nitrogens with one attached hydrogen (secondary N) is 5. The van der Waals surface area contributed by atoms with Gasteiger partial charge >= 0.3 is 11.9 Å². The zero-order chi connectivity index (χ0) is 37.8. The average molecular weight is 719 g/mol. The van der Waals surface area contributed by atoms with Crippen molar-refractivity contribution in [2.75, 3.05) is 31.3 Å². The van der Waals surface area contributed by atoms with Crippen molar-refractivity contribution in [3.05, 3.63) is 52.1 Å². The predicted octanol–water partition coefficient (Wildman–Crippen LogP) is -3.78. The van der Waals surface area contributed by atoms with E-state index >= 15 is 0 Å². The van der Waals surface area contributed by atoms with Crippen LogP contribution < -0.4 is 38.3 Å². The van der Waals surface area contributed by atoms with E-state index in [1.807, 2.05) is 0 Å². The van der Waals surface area contributed by atoms with Crippen LogP contribution in [-0.4, -0.2) is 127 Å². The van der Waals surface area contributed by atoms with Gasteiger partial charge in [-0.2, -0.15) is 4.98 Å². The quantitative estimate of drug-likeness (QED) is 0.0530. The first-order valence-electron chi connectivity index (χ1n) is 15.0. The van der Waals surface area contributed by atoms with Crippen molar-refractivity contribution in [2.24, 2.45) is 5.73 Å². The molecule has 3 rings (SSSR count). The van der Waals surface area contributed by atoms with Gasteiger partial charge in [-0.3, -0.25) is 24.2 Å². The molecule has 0 radical (unpaired) electrons. The molecule has 22 nitrogen and oxygen atoms in total. The maximum absolute atomic E-state index is 12.8. The number of ether oxygens (including phenoxy) is 2. The number of methoxy groups -OCH3 is 1. The van der Waals surface area contributed by atoms with Gasteiger partial charge in [0.15, 0.2) is 23.6 Å². The highest BCUT2D eigenvalue weighted by atomic mass is 16.7. The molecule has 3 aromatic rings. The van der Waals surface area contributed by atoms with Crippen molar-refractivity contribution >= 4 is 52.5 Å². The lowest BCUT2D eigenvalue weighted by molar-refractivity contribution is -0.195. The zero-order valence-electron chi connectivity index (χ0n) is 27.2. The molecular weight excluding hydrogens is 680 g/mol. The molecule has 276 valence electrons. The first-order valence-corrected chi connectivity index (χ1v) is 15.0. The summed E-state index contributed by atoms with van der Waals surface area (Å²) < 4.78 is 10.3. The summed E-state index contributed by atoms with van der Waals surface area (Å²) in [6.07, 6.45) is -4.15. The molecule has 22 heteroatoms. The number of aromatic amines is 1. The van der Waals surface area contributed by atoms with E-state index < -0.39 is 91.4 Å². The Balaban J connectivity index is 1.56. The van der Waals surface area contributed by atoms with Gasteiger partial charge in [0.05, 0.1) is 37.5 Å². The van der Waals surface area contributed by atoms with Crippen molar-refractivity contribution in [3.63, 3.8) is 0 Å². The van der Waals surface area contributed by atoms with E-state index in [-0.39, 0.29) is 29.2 Å². The summed E-state index contributed by atoms with van der Waals surface area (Å²) in [5, 5.41) is 48.0. The number of rotatable bonds is 19. The molecule has 13 N–H and O–H groups in total. The third-order valence-corrected chi connectivity index (χ3v) is 6.95. The van der Waals surface area contributed by atoms with Crippen molar-refractivity contribution in [1.29, 1.82) is 0 Å². The summed E-state index contributed by atoms with van der Waals surface area (Å²) in [5.74, 6) is -6.32. The minimum Gasteiger partial charge on any atom is -0.480 e. The number of carboxylic acid groups (broad SMARTS) is 2. The topological polar surface area (TPSA) is 356 Å². The largest absolute Gasteiger partial charge is 0.480 e. The number of fused-ring (bicyclic) bond motifs is 1. The Morgan fingerprint density at radius 1 is 1.02 bits per heavy atom. The normalized spacial score (nSPS) is 14.7. The molecule has 0 aliphatic carbocycles. The Labute approximate surface area is 288 Å². The Hall–Kier alpha value is -5.81. The van der Waals surface area contributed by atoms with Crippen LogP contribution in [0, 0.1) is 0 Å². The van der Waals surface area contributed by atoms with Crippen LogP contribution in [0.1, 0.15) is 29.4 Å². The molecular formula is C29H38N10O12. The fourth-order valence-electron chi connectivity index (χ4n) is 4.33. The van der Waals surface area contributed by atoms with E-state index in [4.69, 9.17) is 20.9 Å². The highest BCUT2D eigenvalue weighted by Gasteiger charge is 2.33. The van der Waals surface area contributed by atoms with E-state index in [1.165, 1.54) is 44.5 Å². The summed E-state index contributed by atoms with van der Waals surface area (Å²) in [4.78, 5) is 88.4. The first kappa shape index (κ1) is 39.6. The lowest BCUT2D eigenvalue weighted by Gasteiger charge is -2.28. The van der Waals surface area contributed by atoms with Crippen molar-refractivity contribution < 1.29 is 53.9 Å². The number of carbonyl (C=O) groups excluding carboxylic acids is 3. The number of benzene rings is 1. The molecule has 51 heavy (non-hydrogen) atoms. The van der Waals surface area contributed by atoms with Crippen LogP contribution >= 0.6 is 0 Å². The molecule has 2 heterocycles. The molecule has 0 spiro atoms. The maximum atomic E-state index is 12.8. The average Bonchev–Trinajstić information content (AvgIpc) is 3.08. The fraction of sp³-hybridized carbons (Fsp3) is 0.414. The summed E-state index contributed by atoms with van der Waals surface area (Å²) in [5.41, 5.74) is 11.7. The van der Waals surface area contributed by atoms with Crippen LogP contribution in [0.2, 0.25) is 0 Å². The van der Waals surface area contributed by atoms with Crippen LogP contribution in [0.15, 0.2) is 35.3 Å². The smallest absolute Gasteiger partial charge is 0.328 e. The Kier molecular flexibility index (Phi) is 14.2. The van der Waals surface area contributed by atoms with Crippen molar-refractivity contribution in [1.82, 2.24) is 35.9 Å². The molecule has 0 aliphatic rings. The molecule has 2 aromatic heterocycles. The maximum Gasteiger partial charge on any atom is 0.328 e. The third kappa shape index (κ3) is 11.4. The SMILES string of the molecule is CO[C@H](OC(C(=O)NC[C@H](NC(=O)C[C@H](NC(=O)c1ccc(NCc2cnc3nc(N)[nH]c(=O)c3n2)cc1)C(=O)O)C(=O)O)[C@@H](O)CO)C(C)N. The minimum absolute atomic E-state index is 0.00423. The number of nitrogens with zero attached hydrogens (tertiary/aromatic N) is 3. The van der Waals surface area contributed by atoms with Gasteiger partial charge in [-0.1, -0.05) is 0 Å². The number of carbonyl (C=O) groups is 5. The van der Waals surface area contributed by atoms with Gasteiger partial charge in [0.25, 0.3) is 17.4 Å². The van der Waals surface area contributed by atoms with Crippen molar-refractivity contribution in [3.8, 4) is 0 Å². The van der Waals surface area contributed by atoms with Gasteiger partial charge in [0, 0.05) is 24.9 Å². The summed E-state index contributed by atoms with van der Waals surface area (Å²) >= 11 is 0. The molecule has 0 saturated carbocycles. The number of nitrogens with two attached hydrogens (primary N) is 2. The van der Waals surface area contributed by atoms with Crippen LogP contribution in [0.3, 0.4) is 0 Å². The van der Waals surface area contributed by atoms with Crippen LogP contribution in [0.4, 0.5) is 11.6 Å². The zero-order valence-corrected chi connectivity index (χ0v) is 27.2. The number of aliphatic hydroxyl groups is 2. The van der Waals surface area contributed by atoms with Crippen LogP contribution in [-0.2, 0) is 35.2 Å². The lowest BCUT2D eigenvalue weighted by Crippen LogP contribution is -2.54. The Morgan fingerprint density at radius 2 is 1.69 bits per heavy atom. The number of aliphatic hydroxyl groups excluding tert-OH is 2.